The van der Waals surface area contributed by atoms with Gasteiger partial charge >= 0.3 is 0 Å². The number of hydrogen-bond donors (Lipinski definition) is 3. The second-order valence-electron chi connectivity index (χ2n) is 4.90. The van der Waals surface area contributed by atoms with Crippen molar-refractivity contribution in [1.29, 1.82) is 0 Å². The first-order chi connectivity index (χ1) is 9.08. The summed E-state index contributed by atoms with van der Waals surface area (Å²) in [5, 5.41) is 5.48. The van der Waals surface area contributed by atoms with Gasteiger partial charge in [-0.1, -0.05) is 30.3 Å². The van der Waals surface area contributed by atoms with E-state index in [0.29, 0.717) is 0 Å². The van der Waals surface area contributed by atoms with E-state index in [-0.39, 0.29) is 17.9 Å². The van der Waals surface area contributed by atoms with Crippen LogP contribution in [0.2, 0.25) is 0 Å². The third kappa shape index (κ3) is 3.79. The molecule has 2 atom stereocenters. The van der Waals surface area contributed by atoms with Crippen molar-refractivity contribution in [1.82, 2.24) is 10.6 Å². The molecule has 5 heteroatoms. The monoisotopic (exact) mass is 261 g/mol. The fraction of sp³-hybridized carbons (Fsp3) is 0.429. The first kappa shape index (κ1) is 13.5. The normalized spacial score (nSPS) is 17.4. The van der Waals surface area contributed by atoms with Gasteiger partial charge in [0, 0.05) is 6.04 Å². The number of amides is 2. The summed E-state index contributed by atoms with van der Waals surface area (Å²) >= 11 is 0. The van der Waals surface area contributed by atoms with Gasteiger partial charge in [0.2, 0.25) is 11.8 Å². The van der Waals surface area contributed by atoms with E-state index in [1.165, 1.54) is 0 Å². The molecule has 1 saturated carbocycles. The predicted octanol–water partition coefficient (Wildman–Crippen LogP) is 0.470. The van der Waals surface area contributed by atoms with Crippen LogP contribution in [0.4, 0.5) is 0 Å². The lowest BCUT2D eigenvalue weighted by Gasteiger charge is -2.17. The molecule has 1 aromatic rings. The predicted molar refractivity (Wildman–Crippen MR) is 72.1 cm³/mol. The average Bonchev–Trinajstić information content (AvgIpc) is 3.22. The minimum atomic E-state index is -0.752. The Balaban J connectivity index is 1.87. The van der Waals surface area contributed by atoms with E-state index in [9.17, 15) is 9.59 Å². The standard InChI is InChI=1S/C14H19N3O2/c1-9(13(18)17-11-7-8-11)16-14(19)12(15)10-5-3-2-4-6-10/h2-6,9,11-12H,7-8,15H2,1H3,(H,16,19)(H,17,18)/t9?,12-/m1/s1. The molecular formula is C14H19N3O2. The van der Waals surface area contributed by atoms with Gasteiger partial charge in [-0.25, -0.2) is 0 Å². The van der Waals surface area contributed by atoms with Crippen molar-refractivity contribution < 1.29 is 9.59 Å². The molecule has 0 aliphatic heterocycles. The maximum absolute atomic E-state index is 11.9. The Morgan fingerprint density at radius 2 is 1.84 bits per heavy atom. The van der Waals surface area contributed by atoms with Crippen molar-refractivity contribution in [2.75, 3.05) is 0 Å². The molecule has 4 N–H and O–H groups in total. The summed E-state index contributed by atoms with van der Waals surface area (Å²) in [6, 6.07) is 8.06. The molecule has 0 saturated heterocycles. The minimum Gasteiger partial charge on any atom is -0.352 e. The largest absolute Gasteiger partial charge is 0.352 e. The van der Waals surface area contributed by atoms with Crippen LogP contribution in [0.25, 0.3) is 0 Å². The molecule has 0 bridgehead atoms. The number of benzene rings is 1. The lowest BCUT2D eigenvalue weighted by molar-refractivity contribution is -0.129. The smallest absolute Gasteiger partial charge is 0.242 e. The maximum Gasteiger partial charge on any atom is 0.242 e. The highest BCUT2D eigenvalue weighted by molar-refractivity contribution is 5.90. The van der Waals surface area contributed by atoms with Gasteiger partial charge in [-0.2, -0.15) is 0 Å². The molecule has 0 aromatic heterocycles. The molecule has 1 aliphatic rings. The SMILES string of the molecule is CC(NC(=O)[C@H](N)c1ccccc1)C(=O)NC1CC1. The summed E-state index contributed by atoms with van der Waals surface area (Å²) in [5.74, 6) is -0.499. The van der Waals surface area contributed by atoms with Crippen molar-refractivity contribution in [3.05, 3.63) is 35.9 Å². The van der Waals surface area contributed by atoms with Gasteiger partial charge in [0.25, 0.3) is 0 Å². The summed E-state index contributed by atoms with van der Waals surface area (Å²) in [4.78, 5) is 23.7. The number of hydrogen-bond acceptors (Lipinski definition) is 3. The molecule has 0 heterocycles. The topological polar surface area (TPSA) is 84.2 Å². The zero-order valence-corrected chi connectivity index (χ0v) is 10.9. The Hall–Kier alpha value is -1.88. The fourth-order valence-corrected chi connectivity index (χ4v) is 1.73. The molecule has 19 heavy (non-hydrogen) atoms. The third-order valence-electron chi connectivity index (χ3n) is 3.12. The number of rotatable bonds is 5. The third-order valence-corrected chi connectivity index (χ3v) is 3.12. The number of nitrogens with two attached hydrogens (primary N) is 1. The van der Waals surface area contributed by atoms with E-state index in [2.05, 4.69) is 10.6 Å². The number of carbonyl (C=O) groups is 2. The van der Waals surface area contributed by atoms with Gasteiger partial charge in [-0.15, -0.1) is 0 Å². The second-order valence-corrected chi connectivity index (χ2v) is 4.90. The van der Waals surface area contributed by atoms with Gasteiger partial charge in [0.15, 0.2) is 0 Å². The van der Waals surface area contributed by atoms with Gasteiger partial charge < -0.3 is 16.4 Å². The van der Waals surface area contributed by atoms with Gasteiger partial charge in [0.05, 0.1) is 0 Å². The summed E-state index contributed by atoms with van der Waals surface area (Å²) in [6.45, 7) is 1.66. The Morgan fingerprint density at radius 1 is 1.21 bits per heavy atom. The summed E-state index contributed by atoms with van der Waals surface area (Å²) in [6.07, 6.45) is 2.05. The lowest BCUT2D eigenvalue weighted by atomic mass is 10.1. The fourth-order valence-electron chi connectivity index (χ4n) is 1.73. The first-order valence-corrected chi connectivity index (χ1v) is 6.49. The zero-order valence-electron chi connectivity index (χ0n) is 10.9. The zero-order chi connectivity index (χ0) is 13.8. The highest BCUT2D eigenvalue weighted by Gasteiger charge is 2.27. The summed E-state index contributed by atoms with van der Waals surface area (Å²) in [5.41, 5.74) is 6.59. The number of nitrogens with one attached hydrogen (secondary N) is 2. The van der Waals surface area contributed by atoms with E-state index in [1.807, 2.05) is 18.2 Å². The molecule has 0 spiro atoms. The van der Waals surface area contributed by atoms with Crippen LogP contribution in [-0.2, 0) is 9.59 Å². The van der Waals surface area contributed by atoms with Crippen molar-refractivity contribution in [2.24, 2.45) is 5.73 Å². The molecule has 1 unspecified atom stereocenters. The molecule has 1 aliphatic carbocycles. The van der Waals surface area contributed by atoms with E-state index in [0.717, 1.165) is 18.4 Å². The molecule has 0 radical (unpaired) electrons. The molecule has 1 aromatic carbocycles. The van der Waals surface area contributed by atoms with Crippen molar-refractivity contribution in [3.63, 3.8) is 0 Å². The first-order valence-electron chi connectivity index (χ1n) is 6.49. The van der Waals surface area contributed by atoms with Crippen molar-refractivity contribution in [3.8, 4) is 0 Å². The minimum absolute atomic E-state index is 0.156. The van der Waals surface area contributed by atoms with E-state index in [4.69, 9.17) is 5.73 Å². The maximum atomic E-state index is 11.9. The van der Waals surface area contributed by atoms with Crippen LogP contribution in [0.5, 0.6) is 0 Å². The Morgan fingerprint density at radius 3 is 2.42 bits per heavy atom. The van der Waals surface area contributed by atoms with Crippen LogP contribution >= 0.6 is 0 Å². The average molecular weight is 261 g/mol. The van der Waals surface area contributed by atoms with Gasteiger partial charge in [-0.05, 0) is 25.3 Å². The van der Waals surface area contributed by atoms with Crippen LogP contribution in [-0.4, -0.2) is 23.9 Å². The van der Waals surface area contributed by atoms with Crippen LogP contribution in [0.3, 0.4) is 0 Å². The van der Waals surface area contributed by atoms with Crippen LogP contribution < -0.4 is 16.4 Å². The van der Waals surface area contributed by atoms with Crippen molar-refractivity contribution >= 4 is 11.8 Å². The lowest BCUT2D eigenvalue weighted by Crippen LogP contribution is -2.48. The van der Waals surface area contributed by atoms with Crippen LogP contribution in [0.1, 0.15) is 31.4 Å². The van der Waals surface area contributed by atoms with E-state index in [1.54, 1.807) is 19.1 Å². The molecule has 2 amide bonds. The van der Waals surface area contributed by atoms with E-state index < -0.39 is 12.1 Å². The quantitative estimate of drug-likeness (QED) is 0.720. The van der Waals surface area contributed by atoms with Gasteiger partial charge in [0.1, 0.15) is 12.1 Å². The molecule has 2 rings (SSSR count). The molecular weight excluding hydrogens is 242 g/mol. The second kappa shape index (κ2) is 5.84. The molecule has 5 nitrogen and oxygen atoms in total. The molecule has 102 valence electrons. The van der Waals surface area contributed by atoms with Gasteiger partial charge in [-0.3, -0.25) is 9.59 Å². The highest BCUT2D eigenvalue weighted by atomic mass is 16.2. The summed E-state index contributed by atoms with van der Waals surface area (Å²) in [7, 11) is 0. The Kier molecular flexibility index (Phi) is 4.16. The Bertz CT molecular complexity index is 457. The Labute approximate surface area is 112 Å². The summed E-state index contributed by atoms with van der Waals surface area (Å²) < 4.78 is 0. The number of carbonyl (C=O) groups excluding carboxylic acids is 2. The van der Waals surface area contributed by atoms with E-state index >= 15 is 0 Å². The van der Waals surface area contributed by atoms with Crippen molar-refractivity contribution in [2.45, 2.75) is 37.9 Å². The van der Waals surface area contributed by atoms with Crippen LogP contribution in [0.15, 0.2) is 30.3 Å². The van der Waals surface area contributed by atoms with Crippen LogP contribution in [0, 0.1) is 0 Å². The highest BCUT2D eigenvalue weighted by Crippen LogP contribution is 2.18. The molecule has 1 fully saturated rings.